The molecule has 4 nitrogen and oxygen atoms in total. The van der Waals surface area contributed by atoms with Crippen molar-refractivity contribution in [2.24, 2.45) is 0 Å². The molecule has 0 amide bonds. The molecule has 1 aromatic heterocycles. The minimum atomic E-state index is 0.120. The van der Waals surface area contributed by atoms with E-state index in [0.29, 0.717) is 17.3 Å². The van der Waals surface area contributed by atoms with Gasteiger partial charge in [-0.05, 0) is 52.9 Å². The topological polar surface area (TPSA) is 59.2 Å². The Morgan fingerprint density at radius 2 is 2.00 bits per heavy atom. The van der Waals surface area contributed by atoms with Crippen molar-refractivity contribution in [1.29, 1.82) is 0 Å². The number of aromatic nitrogens is 2. The Bertz CT molecular complexity index is 773. The Morgan fingerprint density at radius 3 is 2.80 bits per heavy atom. The molecule has 3 aromatic rings. The van der Waals surface area contributed by atoms with Crippen molar-refractivity contribution in [2.75, 3.05) is 0 Å². The highest BCUT2D eigenvalue weighted by atomic mass is 127. The molecule has 2 aromatic carbocycles. The molecule has 100 valence electrons. The smallest absolute Gasteiger partial charge is 0.262 e. The number of hydrogen-bond donors (Lipinski definition) is 1. The molecule has 0 saturated carbocycles. The van der Waals surface area contributed by atoms with E-state index in [4.69, 9.17) is 4.52 Å². The lowest BCUT2D eigenvalue weighted by molar-refractivity contribution is 0.425. The van der Waals surface area contributed by atoms with Crippen molar-refractivity contribution in [3.63, 3.8) is 0 Å². The fraction of sp³-hybridized carbons (Fsp3) is 0. The first-order chi connectivity index (χ1) is 9.63. The van der Waals surface area contributed by atoms with Gasteiger partial charge in [0.25, 0.3) is 5.89 Å². The summed E-state index contributed by atoms with van der Waals surface area (Å²) < 4.78 is 7.17. The maximum Gasteiger partial charge on any atom is 0.262 e. The number of rotatable bonds is 2. The highest BCUT2D eigenvalue weighted by molar-refractivity contribution is 14.1. The van der Waals surface area contributed by atoms with Crippen LogP contribution in [0.5, 0.6) is 5.75 Å². The van der Waals surface area contributed by atoms with Gasteiger partial charge in [0.15, 0.2) is 0 Å². The summed E-state index contributed by atoms with van der Waals surface area (Å²) in [5.41, 5.74) is 1.38. The van der Waals surface area contributed by atoms with Gasteiger partial charge in [-0.1, -0.05) is 33.2 Å². The summed E-state index contributed by atoms with van der Waals surface area (Å²) in [5.74, 6) is 0.908. The Kier molecular flexibility index (Phi) is 3.75. The lowest BCUT2D eigenvalue weighted by atomic mass is 10.2. The highest BCUT2D eigenvalue weighted by Gasteiger charge is 2.14. The molecule has 3 rings (SSSR count). The summed E-state index contributed by atoms with van der Waals surface area (Å²) in [6, 6.07) is 12.9. The van der Waals surface area contributed by atoms with E-state index in [1.54, 1.807) is 12.1 Å². The molecule has 1 heterocycles. The summed E-state index contributed by atoms with van der Waals surface area (Å²) >= 11 is 5.57. The number of aromatic hydroxyl groups is 1. The van der Waals surface area contributed by atoms with Crippen LogP contribution >= 0.6 is 38.5 Å². The van der Waals surface area contributed by atoms with Crippen molar-refractivity contribution in [1.82, 2.24) is 10.1 Å². The maximum absolute atomic E-state index is 9.87. The Hall–Kier alpha value is -1.41. The highest BCUT2D eigenvalue weighted by Crippen LogP contribution is 2.31. The number of benzene rings is 2. The number of phenolic OH excluding ortho intramolecular Hbond substituents is 1. The first-order valence-corrected chi connectivity index (χ1v) is 7.59. The average Bonchev–Trinajstić information content (AvgIpc) is 2.91. The van der Waals surface area contributed by atoms with E-state index in [0.717, 1.165) is 13.6 Å². The van der Waals surface area contributed by atoms with Gasteiger partial charge >= 0.3 is 0 Å². The zero-order valence-corrected chi connectivity index (χ0v) is 13.8. The second kappa shape index (κ2) is 5.53. The van der Waals surface area contributed by atoms with Gasteiger partial charge in [0, 0.05) is 13.6 Å². The van der Waals surface area contributed by atoms with E-state index >= 15 is 0 Å². The average molecular weight is 443 g/mol. The molecule has 0 fully saturated rings. The molecule has 0 aliphatic rings. The van der Waals surface area contributed by atoms with Gasteiger partial charge in [-0.2, -0.15) is 4.98 Å². The van der Waals surface area contributed by atoms with Crippen LogP contribution in [0.1, 0.15) is 0 Å². The van der Waals surface area contributed by atoms with Crippen molar-refractivity contribution in [3.8, 4) is 28.6 Å². The van der Waals surface area contributed by atoms with Gasteiger partial charge in [-0.3, -0.25) is 0 Å². The lowest BCUT2D eigenvalue weighted by Gasteiger charge is -1.99. The zero-order chi connectivity index (χ0) is 14.1. The van der Waals surface area contributed by atoms with E-state index in [1.165, 1.54) is 0 Å². The molecule has 0 bridgehead atoms. The Labute approximate surface area is 137 Å². The fourth-order valence-corrected chi connectivity index (χ4v) is 2.65. The van der Waals surface area contributed by atoms with Gasteiger partial charge in [-0.15, -0.1) is 0 Å². The van der Waals surface area contributed by atoms with Gasteiger partial charge in [0.1, 0.15) is 5.75 Å². The van der Waals surface area contributed by atoms with Crippen LogP contribution in [-0.4, -0.2) is 15.2 Å². The normalized spacial score (nSPS) is 10.7. The predicted molar refractivity (Wildman–Crippen MR) is 87.3 cm³/mol. The van der Waals surface area contributed by atoms with Gasteiger partial charge < -0.3 is 9.63 Å². The number of phenols is 1. The third kappa shape index (κ3) is 2.71. The third-order valence-corrected chi connectivity index (χ3v) is 3.86. The fourth-order valence-electron chi connectivity index (χ4n) is 1.76. The second-order valence-corrected chi connectivity index (χ2v) is 6.26. The third-order valence-electron chi connectivity index (χ3n) is 2.70. The number of halogens is 2. The van der Waals surface area contributed by atoms with E-state index in [2.05, 4.69) is 48.7 Å². The standard InChI is InChI=1S/C14H8BrIN2O2/c15-9-3-1-2-8(6-9)13-17-14(20-18-13)11-7-10(16)4-5-12(11)19/h1-7,19H. The molecule has 0 spiro atoms. The molecule has 1 N–H and O–H groups in total. The van der Waals surface area contributed by atoms with E-state index in [1.807, 2.05) is 30.3 Å². The molecule has 6 heteroatoms. The molecular formula is C14H8BrIN2O2. The van der Waals surface area contributed by atoms with Crippen molar-refractivity contribution < 1.29 is 9.63 Å². The van der Waals surface area contributed by atoms with Crippen LogP contribution in [0, 0.1) is 3.57 Å². The van der Waals surface area contributed by atoms with Crippen molar-refractivity contribution >= 4 is 38.5 Å². The predicted octanol–water partition coefficient (Wildman–Crippen LogP) is 4.48. The maximum atomic E-state index is 9.87. The van der Waals surface area contributed by atoms with Crippen molar-refractivity contribution in [2.45, 2.75) is 0 Å². The number of hydrogen-bond acceptors (Lipinski definition) is 4. The second-order valence-electron chi connectivity index (χ2n) is 4.09. The molecule has 0 saturated heterocycles. The van der Waals surface area contributed by atoms with Gasteiger partial charge in [0.2, 0.25) is 5.82 Å². The van der Waals surface area contributed by atoms with Crippen LogP contribution < -0.4 is 0 Å². The first kappa shape index (κ1) is 13.6. The molecule has 20 heavy (non-hydrogen) atoms. The van der Waals surface area contributed by atoms with E-state index in [-0.39, 0.29) is 5.75 Å². The summed E-state index contributed by atoms with van der Waals surface area (Å²) in [5, 5.41) is 13.8. The summed E-state index contributed by atoms with van der Waals surface area (Å²) in [6.07, 6.45) is 0. The summed E-state index contributed by atoms with van der Waals surface area (Å²) in [6.45, 7) is 0. The molecule has 0 aliphatic carbocycles. The summed E-state index contributed by atoms with van der Waals surface area (Å²) in [7, 11) is 0. The van der Waals surface area contributed by atoms with E-state index < -0.39 is 0 Å². The van der Waals surface area contributed by atoms with E-state index in [9.17, 15) is 5.11 Å². The molecule has 0 aliphatic heterocycles. The van der Waals surface area contributed by atoms with Gasteiger partial charge in [0.05, 0.1) is 5.56 Å². The van der Waals surface area contributed by atoms with Crippen LogP contribution in [0.25, 0.3) is 22.8 Å². The Balaban J connectivity index is 2.04. The minimum absolute atomic E-state index is 0.120. The monoisotopic (exact) mass is 442 g/mol. The molecule has 0 unspecified atom stereocenters. The van der Waals surface area contributed by atoms with Crippen LogP contribution in [-0.2, 0) is 0 Å². The summed E-state index contributed by atoms with van der Waals surface area (Å²) in [4.78, 5) is 4.33. The van der Waals surface area contributed by atoms with Crippen LogP contribution in [0.3, 0.4) is 0 Å². The van der Waals surface area contributed by atoms with Gasteiger partial charge in [-0.25, -0.2) is 0 Å². The SMILES string of the molecule is Oc1ccc(I)cc1-c1nc(-c2cccc(Br)c2)no1. The quantitative estimate of drug-likeness (QED) is 0.594. The largest absolute Gasteiger partial charge is 0.507 e. The molecule has 0 atom stereocenters. The number of nitrogens with zero attached hydrogens (tertiary/aromatic N) is 2. The van der Waals surface area contributed by atoms with Crippen molar-refractivity contribution in [3.05, 3.63) is 50.5 Å². The van der Waals surface area contributed by atoms with Crippen LogP contribution in [0.15, 0.2) is 51.5 Å². The van der Waals surface area contributed by atoms with Crippen LogP contribution in [0.4, 0.5) is 0 Å². The first-order valence-electron chi connectivity index (χ1n) is 5.72. The zero-order valence-electron chi connectivity index (χ0n) is 10.0. The Morgan fingerprint density at radius 1 is 1.15 bits per heavy atom. The molecular weight excluding hydrogens is 435 g/mol. The molecule has 0 radical (unpaired) electrons. The van der Waals surface area contributed by atoms with Crippen LogP contribution in [0.2, 0.25) is 0 Å². The minimum Gasteiger partial charge on any atom is -0.507 e. The lowest BCUT2D eigenvalue weighted by Crippen LogP contribution is -1.83.